The summed E-state index contributed by atoms with van der Waals surface area (Å²) in [6.45, 7) is 1.89. The van der Waals surface area contributed by atoms with E-state index < -0.39 is 17.3 Å². The van der Waals surface area contributed by atoms with Crippen molar-refractivity contribution in [3.8, 4) is 0 Å². The van der Waals surface area contributed by atoms with Crippen LogP contribution in [0, 0.1) is 5.92 Å². The molecule has 2 amide bonds. The van der Waals surface area contributed by atoms with Crippen LogP contribution >= 0.6 is 11.6 Å². The fourth-order valence-electron chi connectivity index (χ4n) is 3.85. The summed E-state index contributed by atoms with van der Waals surface area (Å²) in [6, 6.07) is 8.97. The number of nitrogens with one attached hydrogen (secondary N) is 2. The van der Waals surface area contributed by atoms with Crippen molar-refractivity contribution in [3.05, 3.63) is 77.7 Å². The first-order chi connectivity index (χ1) is 15.4. The Bertz CT molecular complexity index is 1140. The molecule has 2 heterocycles. The highest BCUT2D eigenvalue weighted by Gasteiger charge is 2.40. The van der Waals surface area contributed by atoms with Crippen molar-refractivity contribution in [3.63, 3.8) is 0 Å². The number of hydrogen-bond acceptors (Lipinski definition) is 6. The van der Waals surface area contributed by atoms with E-state index in [1.807, 2.05) is 61.6 Å². The maximum Gasteiger partial charge on any atom is 0.256 e. The lowest BCUT2D eigenvalue weighted by molar-refractivity contribution is -0.120. The highest BCUT2D eigenvalue weighted by Crippen LogP contribution is 2.38. The van der Waals surface area contributed by atoms with Gasteiger partial charge in [0.15, 0.2) is 0 Å². The SMILES string of the molecule is CNC(=O)c1cnc(N)nc1NC(C)C1=CC2=CC=CC(Cl)C2C(=O)N1c1ccccc1. The van der Waals surface area contributed by atoms with Gasteiger partial charge >= 0.3 is 0 Å². The van der Waals surface area contributed by atoms with Gasteiger partial charge in [0.1, 0.15) is 11.4 Å². The van der Waals surface area contributed by atoms with E-state index in [4.69, 9.17) is 17.3 Å². The molecule has 2 aromatic rings. The number of halogens is 1. The molecule has 8 nitrogen and oxygen atoms in total. The van der Waals surface area contributed by atoms with Crippen LogP contribution in [-0.4, -0.2) is 40.2 Å². The molecule has 32 heavy (non-hydrogen) atoms. The van der Waals surface area contributed by atoms with E-state index >= 15 is 0 Å². The Balaban J connectivity index is 1.77. The van der Waals surface area contributed by atoms with E-state index in [0.29, 0.717) is 5.70 Å². The Hall–Kier alpha value is -3.65. The summed E-state index contributed by atoms with van der Waals surface area (Å²) in [4.78, 5) is 35.7. The Morgan fingerprint density at radius 1 is 1.28 bits per heavy atom. The van der Waals surface area contributed by atoms with Gasteiger partial charge in [0.2, 0.25) is 11.9 Å². The quantitative estimate of drug-likeness (QED) is 0.603. The van der Waals surface area contributed by atoms with Gasteiger partial charge in [-0.05, 0) is 30.7 Å². The molecule has 3 atom stereocenters. The molecule has 164 valence electrons. The van der Waals surface area contributed by atoms with Crippen molar-refractivity contribution in [2.45, 2.75) is 18.3 Å². The van der Waals surface area contributed by atoms with Crippen LogP contribution in [0.1, 0.15) is 17.3 Å². The molecule has 0 spiro atoms. The number of aromatic nitrogens is 2. The van der Waals surface area contributed by atoms with E-state index in [9.17, 15) is 9.59 Å². The number of rotatable bonds is 5. The lowest BCUT2D eigenvalue weighted by Gasteiger charge is -2.39. The zero-order valence-corrected chi connectivity index (χ0v) is 18.4. The standard InChI is InChI=1S/C23H23ClN6O2/c1-13(28-20-16(21(31)26-2)12-27-23(25)29-20)18-11-14-7-6-10-17(24)19(14)22(32)30(18)15-8-4-3-5-9-15/h3-13,17,19H,1-2H3,(H,26,31)(H3,25,27,28,29). The van der Waals surface area contributed by atoms with Crippen molar-refractivity contribution < 1.29 is 9.59 Å². The molecule has 0 saturated carbocycles. The average Bonchev–Trinajstić information content (AvgIpc) is 2.79. The molecule has 3 unspecified atom stereocenters. The maximum atomic E-state index is 13.6. The number of benzene rings is 1. The zero-order valence-electron chi connectivity index (χ0n) is 17.6. The summed E-state index contributed by atoms with van der Waals surface area (Å²) >= 11 is 6.49. The summed E-state index contributed by atoms with van der Waals surface area (Å²) in [5.74, 6) is -0.633. The highest BCUT2D eigenvalue weighted by molar-refractivity contribution is 6.25. The lowest BCUT2D eigenvalue weighted by Crippen LogP contribution is -2.47. The number of fused-ring (bicyclic) bond motifs is 1. The first-order valence-electron chi connectivity index (χ1n) is 10.1. The summed E-state index contributed by atoms with van der Waals surface area (Å²) in [7, 11) is 1.52. The molecule has 2 aliphatic rings. The Morgan fingerprint density at radius 3 is 2.75 bits per heavy atom. The number of carbonyl (C=O) groups is 2. The van der Waals surface area contributed by atoms with Crippen molar-refractivity contribution in [1.29, 1.82) is 0 Å². The van der Waals surface area contributed by atoms with Crippen molar-refractivity contribution in [2.75, 3.05) is 23.0 Å². The van der Waals surface area contributed by atoms with Crippen molar-refractivity contribution in [2.24, 2.45) is 5.92 Å². The third kappa shape index (κ3) is 3.97. The fraction of sp³-hybridized carbons (Fsp3) is 0.217. The van der Waals surface area contributed by atoms with Gasteiger partial charge in [0.25, 0.3) is 5.91 Å². The second-order valence-electron chi connectivity index (χ2n) is 7.49. The maximum absolute atomic E-state index is 13.6. The van der Waals surface area contributed by atoms with Gasteiger partial charge in [-0.15, -0.1) is 11.6 Å². The molecular formula is C23H23ClN6O2. The molecule has 0 saturated heterocycles. The van der Waals surface area contributed by atoms with E-state index in [0.717, 1.165) is 11.3 Å². The van der Waals surface area contributed by atoms with Crippen molar-refractivity contribution >= 4 is 40.9 Å². The van der Waals surface area contributed by atoms with E-state index in [-0.39, 0.29) is 29.1 Å². The first-order valence-corrected chi connectivity index (χ1v) is 10.6. The molecule has 1 aliphatic carbocycles. The Morgan fingerprint density at radius 2 is 2.03 bits per heavy atom. The predicted molar refractivity (Wildman–Crippen MR) is 125 cm³/mol. The molecule has 0 bridgehead atoms. The van der Waals surface area contributed by atoms with Gasteiger partial charge in [-0.1, -0.05) is 36.4 Å². The minimum Gasteiger partial charge on any atom is -0.368 e. The summed E-state index contributed by atoms with van der Waals surface area (Å²) in [5, 5.41) is 5.36. The minimum atomic E-state index is -0.478. The van der Waals surface area contributed by atoms with Crippen LogP contribution in [0.2, 0.25) is 0 Å². The molecule has 9 heteroatoms. The molecule has 1 aromatic heterocycles. The fourth-order valence-corrected chi connectivity index (χ4v) is 4.18. The van der Waals surface area contributed by atoms with E-state index in [2.05, 4.69) is 20.6 Å². The largest absolute Gasteiger partial charge is 0.368 e. The van der Waals surface area contributed by atoms with Crippen LogP contribution in [0.4, 0.5) is 17.5 Å². The number of carbonyl (C=O) groups excluding carboxylic acids is 2. The lowest BCUT2D eigenvalue weighted by atomic mass is 9.85. The van der Waals surface area contributed by atoms with Gasteiger partial charge < -0.3 is 16.4 Å². The second kappa shape index (κ2) is 8.84. The van der Waals surface area contributed by atoms with Gasteiger partial charge in [0.05, 0.1) is 17.3 Å². The number of nitrogen functional groups attached to an aromatic ring is 1. The summed E-state index contributed by atoms with van der Waals surface area (Å²) in [5.41, 5.74) is 8.27. The van der Waals surface area contributed by atoms with Crippen LogP contribution in [0.3, 0.4) is 0 Å². The van der Waals surface area contributed by atoms with E-state index in [1.54, 1.807) is 4.90 Å². The minimum absolute atomic E-state index is 0.0335. The van der Waals surface area contributed by atoms with Crippen LogP contribution in [-0.2, 0) is 4.79 Å². The van der Waals surface area contributed by atoms with E-state index in [1.165, 1.54) is 13.2 Å². The first kappa shape index (κ1) is 21.6. The second-order valence-corrected chi connectivity index (χ2v) is 7.99. The number of nitrogens with two attached hydrogens (primary N) is 1. The molecule has 1 aromatic carbocycles. The molecule has 4 rings (SSSR count). The summed E-state index contributed by atoms with van der Waals surface area (Å²) < 4.78 is 0. The van der Waals surface area contributed by atoms with Gasteiger partial charge in [-0.2, -0.15) is 4.98 Å². The molecular weight excluding hydrogens is 428 g/mol. The van der Waals surface area contributed by atoms with Gasteiger partial charge in [0, 0.05) is 24.6 Å². The Labute approximate surface area is 190 Å². The van der Waals surface area contributed by atoms with Crippen LogP contribution < -0.4 is 21.3 Å². The molecule has 0 radical (unpaired) electrons. The van der Waals surface area contributed by atoms with Gasteiger partial charge in [-0.3, -0.25) is 14.5 Å². The molecule has 0 fully saturated rings. The number of anilines is 3. The van der Waals surface area contributed by atoms with Crippen LogP contribution in [0.5, 0.6) is 0 Å². The number of allylic oxidation sites excluding steroid dienone is 4. The van der Waals surface area contributed by atoms with Crippen molar-refractivity contribution in [1.82, 2.24) is 15.3 Å². The monoisotopic (exact) mass is 450 g/mol. The van der Waals surface area contributed by atoms with Crippen LogP contribution in [0.15, 0.2) is 72.1 Å². The number of para-hydroxylation sites is 1. The van der Waals surface area contributed by atoms with Gasteiger partial charge in [-0.25, -0.2) is 4.98 Å². The topological polar surface area (TPSA) is 113 Å². The predicted octanol–water partition coefficient (Wildman–Crippen LogP) is 2.87. The summed E-state index contributed by atoms with van der Waals surface area (Å²) in [6.07, 6.45) is 8.90. The number of amides is 2. The highest BCUT2D eigenvalue weighted by atomic mass is 35.5. The average molecular weight is 451 g/mol. The van der Waals surface area contributed by atoms with Crippen LogP contribution in [0.25, 0.3) is 0 Å². The number of hydrogen-bond donors (Lipinski definition) is 3. The number of alkyl halides is 1. The number of nitrogens with zero attached hydrogens (tertiary/aromatic N) is 3. The molecule has 1 aliphatic heterocycles. The Kier molecular flexibility index (Phi) is 5.96. The third-order valence-corrected chi connectivity index (χ3v) is 5.81. The zero-order chi connectivity index (χ0) is 22.8. The molecule has 4 N–H and O–H groups in total. The third-order valence-electron chi connectivity index (χ3n) is 5.41. The smallest absolute Gasteiger partial charge is 0.256 e. The normalized spacial score (nSPS) is 20.7.